The summed E-state index contributed by atoms with van der Waals surface area (Å²) in [5, 5.41) is 5.74. The van der Waals surface area contributed by atoms with E-state index >= 15 is 0 Å². The number of halogens is 1. The Kier molecular flexibility index (Phi) is 8.19. The molecule has 0 spiro atoms. The lowest BCUT2D eigenvalue weighted by Gasteiger charge is -2.24. The summed E-state index contributed by atoms with van der Waals surface area (Å²) in [5.41, 5.74) is 1.48. The summed E-state index contributed by atoms with van der Waals surface area (Å²) in [6.07, 6.45) is 1.59. The molecule has 6 heteroatoms. The van der Waals surface area contributed by atoms with E-state index in [9.17, 15) is 14.0 Å². The highest BCUT2D eigenvalue weighted by atomic mass is 19.1. The molecular weight excluding hydrogens is 371 g/mol. The van der Waals surface area contributed by atoms with Crippen molar-refractivity contribution in [1.82, 2.24) is 10.6 Å². The molecule has 0 aliphatic rings. The molecule has 2 aromatic rings. The van der Waals surface area contributed by atoms with Crippen LogP contribution in [0.1, 0.15) is 43.1 Å². The van der Waals surface area contributed by atoms with Crippen LogP contribution in [0.15, 0.2) is 48.5 Å². The lowest BCUT2D eigenvalue weighted by Crippen LogP contribution is -2.51. The second kappa shape index (κ2) is 10.6. The molecule has 156 valence electrons. The number of amides is 2. The summed E-state index contributed by atoms with van der Waals surface area (Å²) >= 11 is 0. The Balaban J connectivity index is 1.90. The summed E-state index contributed by atoms with van der Waals surface area (Å²) < 4.78 is 18.2. The molecular formula is C23H29FN2O3. The average Bonchev–Trinajstić information content (AvgIpc) is 2.70. The fourth-order valence-electron chi connectivity index (χ4n) is 2.94. The Morgan fingerprint density at radius 3 is 2.14 bits per heavy atom. The number of nitrogens with one attached hydrogen (secondary N) is 2. The number of carbonyl (C=O) groups is 2. The SMILES string of the molecule is COc1ccc(CCC(C)NC(=O)C(NC(=O)c2ccc(F)cc2)C(C)C)cc1. The first-order valence-corrected chi connectivity index (χ1v) is 9.80. The highest BCUT2D eigenvalue weighted by Gasteiger charge is 2.25. The van der Waals surface area contributed by atoms with Gasteiger partial charge in [-0.3, -0.25) is 9.59 Å². The van der Waals surface area contributed by atoms with Gasteiger partial charge in [-0.15, -0.1) is 0 Å². The fourth-order valence-corrected chi connectivity index (χ4v) is 2.94. The van der Waals surface area contributed by atoms with E-state index < -0.39 is 17.8 Å². The molecule has 2 rings (SSSR count). The number of aryl methyl sites for hydroxylation is 1. The van der Waals surface area contributed by atoms with Gasteiger partial charge in [-0.2, -0.15) is 0 Å². The largest absolute Gasteiger partial charge is 0.497 e. The van der Waals surface area contributed by atoms with Crippen molar-refractivity contribution in [3.8, 4) is 5.75 Å². The predicted molar refractivity (Wildman–Crippen MR) is 111 cm³/mol. The molecule has 0 saturated carbocycles. The van der Waals surface area contributed by atoms with Gasteiger partial charge in [0.05, 0.1) is 7.11 Å². The highest BCUT2D eigenvalue weighted by molar-refractivity contribution is 5.97. The van der Waals surface area contributed by atoms with E-state index in [0.29, 0.717) is 5.56 Å². The number of carbonyl (C=O) groups excluding carboxylic acids is 2. The van der Waals surface area contributed by atoms with Crippen molar-refractivity contribution in [2.45, 2.75) is 45.7 Å². The third kappa shape index (κ3) is 6.89. The minimum atomic E-state index is -0.670. The molecule has 0 radical (unpaired) electrons. The summed E-state index contributed by atoms with van der Waals surface area (Å²) in [4.78, 5) is 25.1. The molecule has 2 atom stereocenters. The van der Waals surface area contributed by atoms with Gasteiger partial charge in [0, 0.05) is 11.6 Å². The van der Waals surface area contributed by atoms with Crippen molar-refractivity contribution in [3.05, 3.63) is 65.5 Å². The van der Waals surface area contributed by atoms with Crippen LogP contribution >= 0.6 is 0 Å². The number of hydrogen-bond donors (Lipinski definition) is 2. The van der Waals surface area contributed by atoms with Crippen molar-refractivity contribution < 1.29 is 18.7 Å². The number of methoxy groups -OCH3 is 1. The van der Waals surface area contributed by atoms with Gasteiger partial charge in [0.2, 0.25) is 5.91 Å². The van der Waals surface area contributed by atoms with Crippen molar-refractivity contribution in [2.75, 3.05) is 7.11 Å². The highest BCUT2D eigenvalue weighted by Crippen LogP contribution is 2.13. The standard InChI is InChI=1S/C23H29FN2O3/c1-15(2)21(26-22(27)18-9-11-19(24)12-10-18)23(28)25-16(3)5-6-17-7-13-20(29-4)14-8-17/h7-16,21H,5-6H2,1-4H3,(H,25,28)(H,26,27). The van der Waals surface area contributed by atoms with E-state index in [-0.39, 0.29) is 17.9 Å². The van der Waals surface area contributed by atoms with Crippen LogP contribution in [0.4, 0.5) is 4.39 Å². The molecule has 0 saturated heterocycles. The molecule has 0 aromatic heterocycles. The molecule has 2 aromatic carbocycles. The molecule has 0 aliphatic heterocycles. The molecule has 2 amide bonds. The molecule has 2 unspecified atom stereocenters. The van der Waals surface area contributed by atoms with Gasteiger partial charge in [-0.1, -0.05) is 26.0 Å². The van der Waals surface area contributed by atoms with E-state index in [0.717, 1.165) is 24.2 Å². The lowest BCUT2D eigenvalue weighted by molar-refractivity contribution is -0.124. The Morgan fingerprint density at radius 1 is 0.966 bits per heavy atom. The zero-order chi connectivity index (χ0) is 21.4. The third-order valence-corrected chi connectivity index (χ3v) is 4.76. The van der Waals surface area contributed by atoms with Crippen LogP contribution in [0.2, 0.25) is 0 Å². The Morgan fingerprint density at radius 2 is 1.59 bits per heavy atom. The van der Waals surface area contributed by atoms with Crippen molar-refractivity contribution in [2.24, 2.45) is 5.92 Å². The normalized spacial score (nSPS) is 12.9. The van der Waals surface area contributed by atoms with Gasteiger partial charge in [-0.05, 0) is 67.6 Å². The molecule has 29 heavy (non-hydrogen) atoms. The van der Waals surface area contributed by atoms with Crippen LogP contribution in [0, 0.1) is 11.7 Å². The quantitative estimate of drug-likeness (QED) is 0.674. The van der Waals surface area contributed by atoms with Gasteiger partial charge in [0.1, 0.15) is 17.6 Å². The smallest absolute Gasteiger partial charge is 0.251 e. The maximum absolute atomic E-state index is 13.0. The van der Waals surface area contributed by atoms with Crippen LogP contribution in [0.3, 0.4) is 0 Å². The second-order valence-electron chi connectivity index (χ2n) is 7.50. The van der Waals surface area contributed by atoms with Crippen LogP contribution in [0.5, 0.6) is 5.75 Å². The first kappa shape index (κ1) is 22.4. The van der Waals surface area contributed by atoms with E-state index in [4.69, 9.17) is 4.74 Å². The zero-order valence-corrected chi connectivity index (χ0v) is 17.4. The molecule has 0 heterocycles. The lowest BCUT2D eigenvalue weighted by atomic mass is 10.0. The van der Waals surface area contributed by atoms with Crippen LogP contribution in [-0.4, -0.2) is 31.0 Å². The Labute approximate surface area is 171 Å². The van der Waals surface area contributed by atoms with Crippen LogP contribution in [0.25, 0.3) is 0 Å². The average molecular weight is 400 g/mol. The summed E-state index contributed by atoms with van der Waals surface area (Å²) in [7, 11) is 1.63. The van der Waals surface area contributed by atoms with Gasteiger partial charge in [-0.25, -0.2) is 4.39 Å². The van der Waals surface area contributed by atoms with E-state index in [1.54, 1.807) is 7.11 Å². The minimum absolute atomic E-state index is 0.0476. The first-order valence-electron chi connectivity index (χ1n) is 9.80. The topological polar surface area (TPSA) is 67.4 Å². The maximum atomic E-state index is 13.0. The van der Waals surface area contributed by atoms with E-state index in [1.807, 2.05) is 45.0 Å². The van der Waals surface area contributed by atoms with Crippen molar-refractivity contribution >= 4 is 11.8 Å². The molecule has 0 aliphatic carbocycles. The van der Waals surface area contributed by atoms with Crippen molar-refractivity contribution in [3.63, 3.8) is 0 Å². The van der Waals surface area contributed by atoms with Gasteiger partial charge in [0.15, 0.2) is 0 Å². The zero-order valence-electron chi connectivity index (χ0n) is 17.4. The van der Waals surface area contributed by atoms with Crippen LogP contribution in [-0.2, 0) is 11.2 Å². The second-order valence-corrected chi connectivity index (χ2v) is 7.50. The molecule has 0 bridgehead atoms. The monoisotopic (exact) mass is 400 g/mol. The molecule has 0 fully saturated rings. The number of rotatable bonds is 9. The van der Waals surface area contributed by atoms with Gasteiger partial charge < -0.3 is 15.4 Å². The Hall–Kier alpha value is -2.89. The van der Waals surface area contributed by atoms with Crippen LogP contribution < -0.4 is 15.4 Å². The minimum Gasteiger partial charge on any atom is -0.497 e. The number of benzene rings is 2. The summed E-state index contributed by atoms with van der Waals surface area (Å²) in [5.74, 6) is -0.312. The summed E-state index contributed by atoms with van der Waals surface area (Å²) in [6, 6.07) is 12.4. The predicted octanol–water partition coefficient (Wildman–Crippen LogP) is 3.73. The number of hydrogen-bond acceptors (Lipinski definition) is 3. The van der Waals surface area contributed by atoms with Crippen molar-refractivity contribution in [1.29, 1.82) is 0 Å². The molecule has 2 N–H and O–H groups in total. The number of ether oxygens (including phenoxy) is 1. The van der Waals surface area contributed by atoms with E-state index in [2.05, 4.69) is 10.6 Å². The maximum Gasteiger partial charge on any atom is 0.251 e. The molecule has 5 nitrogen and oxygen atoms in total. The first-order chi connectivity index (χ1) is 13.8. The van der Waals surface area contributed by atoms with E-state index in [1.165, 1.54) is 24.3 Å². The fraction of sp³-hybridized carbons (Fsp3) is 0.391. The van der Waals surface area contributed by atoms with Gasteiger partial charge in [0.25, 0.3) is 5.91 Å². The summed E-state index contributed by atoms with van der Waals surface area (Å²) in [6.45, 7) is 5.69. The Bertz CT molecular complexity index is 804. The third-order valence-electron chi connectivity index (χ3n) is 4.76. The van der Waals surface area contributed by atoms with Gasteiger partial charge >= 0.3 is 0 Å².